The van der Waals surface area contributed by atoms with E-state index in [-0.39, 0.29) is 35.6 Å². The van der Waals surface area contributed by atoms with Crippen LogP contribution < -0.4 is 5.32 Å². The molecule has 4 atom stereocenters. The van der Waals surface area contributed by atoms with Gasteiger partial charge >= 0.3 is 5.97 Å². The van der Waals surface area contributed by atoms with Gasteiger partial charge in [0.05, 0.1) is 19.4 Å². The van der Waals surface area contributed by atoms with Gasteiger partial charge in [0.25, 0.3) is 5.91 Å². The van der Waals surface area contributed by atoms with Gasteiger partial charge in [0, 0.05) is 12.0 Å². The number of fused-ring (bicyclic) bond motifs is 1. The van der Waals surface area contributed by atoms with Gasteiger partial charge < -0.3 is 24.7 Å². The number of aromatic nitrogens is 4. The molecular formula is C22H22FN5O6. The van der Waals surface area contributed by atoms with Crippen molar-refractivity contribution in [3.8, 4) is 0 Å². The normalized spacial score (nSPS) is 22.0. The number of hydrogen-bond acceptors (Lipinski definition) is 9. The van der Waals surface area contributed by atoms with Gasteiger partial charge in [0.2, 0.25) is 0 Å². The molecule has 2 aromatic heterocycles. The molecule has 2 N–H and O–H groups in total. The number of nitrogens with zero attached hydrogens (tertiary/aromatic N) is 4. The molecule has 178 valence electrons. The van der Waals surface area contributed by atoms with Crippen LogP contribution in [0, 0.1) is 0 Å². The minimum absolute atomic E-state index is 0.0306. The molecule has 1 aliphatic heterocycles. The van der Waals surface area contributed by atoms with Gasteiger partial charge in [-0.2, -0.15) is 0 Å². The molecule has 0 bridgehead atoms. The number of amides is 1. The maximum atomic E-state index is 15.3. The number of rotatable bonds is 8. The fraction of sp³-hybridized carbons (Fsp3) is 0.364. The Labute approximate surface area is 192 Å². The zero-order valence-corrected chi connectivity index (χ0v) is 18.1. The molecule has 1 amide bonds. The molecule has 0 saturated carbocycles. The quantitative estimate of drug-likeness (QED) is 0.468. The smallest absolute Gasteiger partial charge is 0.306 e. The standard InChI is InChI=1S/C22H22FN5O6/c1-12(30)7-8-15(31)34-18-14(9-29)33-22(16(18)23)28-11-26-17-19(24-10-25-20(17)28)27-21(32)13-5-3-2-4-6-13/h2-6,10-11,14,16,18,22,29H,7-9H2,1H3,(H,24,25,27,32)/t14-,16-,18?,22-/m1/s1. The summed E-state index contributed by atoms with van der Waals surface area (Å²) in [7, 11) is 0. The third-order valence-corrected chi connectivity index (χ3v) is 5.30. The van der Waals surface area contributed by atoms with Gasteiger partial charge in [-0.1, -0.05) is 18.2 Å². The molecule has 1 aromatic carbocycles. The summed E-state index contributed by atoms with van der Waals surface area (Å²) < 4.78 is 27.4. The molecule has 1 saturated heterocycles. The minimum atomic E-state index is -1.85. The average molecular weight is 471 g/mol. The third-order valence-electron chi connectivity index (χ3n) is 5.30. The van der Waals surface area contributed by atoms with Crippen LogP contribution >= 0.6 is 0 Å². The first kappa shape index (κ1) is 23.4. The number of Topliss-reactive ketones (excluding diaryl/α,β-unsaturated/α-hetero) is 1. The number of ether oxygens (including phenoxy) is 2. The van der Waals surface area contributed by atoms with E-state index in [0.717, 1.165) is 0 Å². The molecule has 3 heterocycles. The second-order valence-electron chi connectivity index (χ2n) is 7.72. The molecule has 1 fully saturated rings. The van der Waals surface area contributed by atoms with E-state index in [9.17, 15) is 19.5 Å². The number of anilines is 1. The van der Waals surface area contributed by atoms with Crippen LogP contribution in [0.1, 0.15) is 36.4 Å². The van der Waals surface area contributed by atoms with Crippen LogP contribution in [0.4, 0.5) is 10.2 Å². The summed E-state index contributed by atoms with van der Waals surface area (Å²) in [6.45, 7) is 0.737. The van der Waals surface area contributed by atoms with E-state index in [4.69, 9.17) is 9.47 Å². The first-order valence-corrected chi connectivity index (χ1v) is 10.5. The van der Waals surface area contributed by atoms with Gasteiger partial charge in [-0.05, 0) is 19.1 Å². The largest absolute Gasteiger partial charge is 0.456 e. The molecule has 34 heavy (non-hydrogen) atoms. The fourth-order valence-electron chi connectivity index (χ4n) is 3.59. The van der Waals surface area contributed by atoms with Crippen LogP contribution in [-0.2, 0) is 19.1 Å². The highest BCUT2D eigenvalue weighted by atomic mass is 19.1. The Morgan fingerprint density at radius 1 is 1.18 bits per heavy atom. The lowest BCUT2D eigenvalue weighted by Gasteiger charge is -2.18. The Morgan fingerprint density at radius 2 is 1.94 bits per heavy atom. The summed E-state index contributed by atoms with van der Waals surface area (Å²) in [4.78, 5) is 48.0. The second-order valence-corrected chi connectivity index (χ2v) is 7.72. The monoisotopic (exact) mass is 471 g/mol. The van der Waals surface area contributed by atoms with Crippen molar-refractivity contribution in [3.63, 3.8) is 0 Å². The Hall–Kier alpha value is -3.77. The minimum Gasteiger partial charge on any atom is -0.456 e. The van der Waals surface area contributed by atoms with Crippen LogP contribution in [-0.4, -0.2) is 67.3 Å². The number of benzene rings is 1. The highest BCUT2D eigenvalue weighted by Crippen LogP contribution is 2.36. The van der Waals surface area contributed by atoms with Crippen molar-refractivity contribution < 1.29 is 33.4 Å². The van der Waals surface area contributed by atoms with Crippen molar-refractivity contribution in [2.45, 2.75) is 44.4 Å². The number of ketones is 1. The lowest BCUT2D eigenvalue weighted by atomic mass is 10.1. The van der Waals surface area contributed by atoms with Crippen LogP contribution in [0.2, 0.25) is 0 Å². The van der Waals surface area contributed by atoms with Crippen molar-refractivity contribution in [1.82, 2.24) is 19.5 Å². The predicted molar refractivity (Wildman–Crippen MR) is 115 cm³/mol. The molecule has 0 radical (unpaired) electrons. The Kier molecular flexibility index (Phi) is 6.89. The Balaban J connectivity index is 1.55. The van der Waals surface area contributed by atoms with E-state index >= 15 is 4.39 Å². The van der Waals surface area contributed by atoms with Gasteiger partial charge in [-0.15, -0.1) is 0 Å². The summed E-state index contributed by atoms with van der Waals surface area (Å²) in [5, 5.41) is 12.3. The highest BCUT2D eigenvalue weighted by molar-refractivity contribution is 6.06. The molecule has 0 aliphatic carbocycles. The molecule has 12 heteroatoms. The van der Waals surface area contributed by atoms with E-state index in [1.54, 1.807) is 30.3 Å². The lowest BCUT2D eigenvalue weighted by molar-refractivity contribution is -0.155. The van der Waals surface area contributed by atoms with Crippen molar-refractivity contribution in [3.05, 3.63) is 48.5 Å². The van der Waals surface area contributed by atoms with E-state index in [1.807, 2.05) is 0 Å². The van der Waals surface area contributed by atoms with Crippen LogP contribution in [0.3, 0.4) is 0 Å². The molecule has 1 aliphatic rings. The zero-order chi connectivity index (χ0) is 24.2. The number of imidazole rings is 1. The van der Waals surface area contributed by atoms with Crippen molar-refractivity contribution in [2.75, 3.05) is 11.9 Å². The Morgan fingerprint density at radius 3 is 2.65 bits per heavy atom. The number of carbonyl (C=O) groups excluding carboxylic acids is 3. The fourth-order valence-corrected chi connectivity index (χ4v) is 3.59. The number of aliphatic hydroxyl groups is 1. The maximum Gasteiger partial charge on any atom is 0.306 e. The lowest BCUT2D eigenvalue weighted by Crippen LogP contribution is -2.35. The molecule has 3 aromatic rings. The van der Waals surface area contributed by atoms with Crippen LogP contribution in [0.15, 0.2) is 43.0 Å². The number of aliphatic hydroxyl groups excluding tert-OH is 1. The van der Waals surface area contributed by atoms with E-state index in [1.165, 1.54) is 24.1 Å². The predicted octanol–water partition coefficient (Wildman–Crippen LogP) is 1.59. The van der Waals surface area contributed by atoms with Crippen LogP contribution in [0.5, 0.6) is 0 Å². The number of esters is 1. The highest BCUT2D eigenvalue weighted by Gasteiger charge is 2.48. The maximum absolute atomic E-state index is 15.3. The SMILES string of the molecule is CC(=O)CCC(=O)OC1[C@@H](F)[C@H](n2cnc3c(NC(=O)c4ccccc4)ncnc32)O[C@@H]1CO. The summed E-state index contributed by atoms with van der Waals surface area (Å²) in [5.74, 6) is -1.26. The topological polar surface area (TPSA) is 146 Å². The number of alkyl halides is 1. The zero-order valence-electron chi connectivity index (χ0n) is 18.1. The number of carbonyl (C=O) groups is 3. The van der Waals surface area contributed by atoms with Gasteiger partial charge in [0.15, 0.2) is 35.5 Å². The van der Waals surface area contributed by atoms with Crippen LogP contribution in [0.25, 0.3) is 11.2 Å². The second kappa shape index (κ2) is 10.0. The van der Waals surface area contributed by atoms with E-state index in [2.05, 4.69) is 20.3 Å². The molecule has 4 rings (SSSR count). The summed E-state index contributed by atoms with van der Waals surface area (Å²) >= 11 is 0. The molecular weight excluding hydrogens is 449 g/mol. The average Bonchev–Trinajstić information content (AvgIpc) is 3.40. The summed E-state index contributed by atoms with van der Waals surface area (Å²) in [6.07, 6.45) is -3.45. The number of hydrogen-bond donors (Lipinski definition) is 2. The molecule has 11 nitrogen and oxygen atoms in total. The van der Waals surface area contributed by atoms with Gasteiger partial charge in [-0.25, -0.2) is 19.3 Å². The third kappa shape index (κ3) is 4.77. The number of halogens is 1. The van der Waals surface area contributed by atoms with Gasteiger partial charge in [0.1, 0.15) is 18.2 Å². The van der Waals surface area contributed by atoms with E-state index < -0.39 is 43.1 Å². The first-order chi connectivity index (χ1) is 16.4. The van der Waals surface area contributed by atoms with Crippen molar-refractivity contribution in [2.24, 2.45) is 0 Å². The summed E-state index contributed by atoms with van der Waals surface area (Å²) in [6, 6.07) is 8.50. The molecule has 1 unspecified atom stereocenters. The first-order valence-electron chi connectivity index (χ1n) is 10.5. The molecule has 0 spiro atoms. The Bertz CT molecular complexity index is 1200. The van der Waals surface area contributed by atoms with Crippen molar-refractivity contribution >= 4 is 34.6 Å². The van der Waals surface area contributed by atoms with Gasteiger partial charge in [-0.3, -0.25) is 14.2 Å². The number of nitrogens with one attached hydrogen (secondary N) is 1. The van der Waals surface area contributed by atoms with Crippen molar-refractivity contribution in [1.29, 1.82) is 0 Å². The van der Waals surface area contributed by atoms with E-state index in [0.29, 0.717) is 5.56 Å². The summed E-state index contributed by atoms with van der Waals surface area (Å²) in [5.41, 5.74) is 0.785.